The molecule has 0 spiro atoms. The molecular formula is C10H17NO4. The van der Waals surface area contributed by atoms with Crippen molar-refractivity contribution in [3.63, 3.8) is 0 Å². The van der Waals surface area contributed by atoms with Gasteiger partial charge in [-0.3, -0.25) is 9.63 Å². The van der Waals surface area contributed by atoms with Gasteiger partial charge in [0.1, 0.15) is 6.04 Å². The van der Waals surface area contributed by atoms with E-state index < -0.39 is 12.0 Å². The second-order valence-electron chi connectivity index (χ2n) is 4.04. The number of aliphatic carboxylic acids is 1. The van der Waals surface area contributed by atoms with Crippen LogP contribution in [0.25, 0.3) is 0 Å². The van der Waals surface area contributed by atoms with Crippen LogP contribution < -0.4 is 0 Å². The third-order valence-electron chi connectivity index (χ3n) is 2.88. The van der Waals surface area contributed by atoms with Gasteiger partial charge in [-0.15, -0.1) is 0 Å². The van der Waals surface area contributed by atoms with Gasteiger partial charge in [-0.05, 0) is 25.7 Å². The lowest BCUT2D eigenvalue weighted by Crippen LogP contribution is -2.40. The van der Waals surface area contributed by atoms with Crippen LogP contribution in [0.1, 0.15) is 32.1 Å². The molecule has 2 saturated heterocycles. The summed E-state index contributed by atoms with van der Waals surface area (Å²) in [6.07, 6.45) is 4.34. The monoisotopic (exact) mass is 215 g/mol. The smallest absolute Gasteiger partial charge is 0.323 e. The highest BCUT2D eigenvalue weighted by Crippen LogP contribution is 2.22. The number of carboxylic acids is 1. The summed E-state index contributed by atoms with van der Waals surface area (Å²) in [5.74, 6) is -0.802. The second kappa shape index (κ2) is 4.92. The van der Waals surface area contributed by atoms with Crippen molar-refractivity contribution in [3.8, 4) is 0 Å². The maximum atomic E-state index is 10.9. The summed E-state index contributed by atoms with van der Waals surface area (Å²) in [6, 6.07) is -0.490. The number of hydrogen-bond acceptors (Lipinski definition) is 4. The average molecular weight is 215 g/mol. The van der Waals surface area contributed by atoms with Crippen LogP contribution in [0, 0.1) is 0 Å². The molecular weight excluding hydrogens is 198 g/mol. The Balaban J connectivity index is 1.84. The van der Waals surface area contributed by atoms with Gasteiger partial charge in [0, 0.05) is 19.6 Å². The SMILES string of the molecule is O=C(O)C1CCCN1OC1CCCCO1. The molecule has 2 aliphatic rings. The number of carbonyl (C=O) groups is 1. The summed E-state index contributed by atoms with van der Waals surface area (Å²) in [7, 11) is 0. The number of hydrogen-bond donors (Lipinski definition) is 1. The molecule has 0 aliphatic carbocycles. The highest BCUT2D eigenvalue weighted by atomic mass is 16.8. The normalized spacial score (nSPS) is 33.1. The van der Waals surface area contributed by atoms with E-state index in [1.165, 1.54) is 0 Å². The minimum Gasteiger partial charge on any atom is -0.480 e. The van der Waals surface area contributed by atoms with Gasteiger partial charge < -0.3 is 9.84 Å². The molecule has 2 heterocycles. The van der Waals surface area contributed by atoms with Crippen LogP contribution in [0.5, 0.6) is 0 Å². The molecule has 0 saturated carbocycles. The molecule has 2 rings (SSSR count). The molecule has 0 bridgehead atoms. The lowest BCUT2D eigenvalue weighted by molar-refractivity contribution is -0.293. The van der Waals surface area contributed by atoms with Crippen molar-refractivity contribution in [1.82, 2.24) is 5.06 Å². The highest BCUT2D eigenvalue weighted by molar-refractivity contribution is 5.73. The molecule has 0 aromatic carbocycles. The van der Waals surface area contributed by atoms with E-state index in [1.807, 2.05) is 0 Å². The van der Waals surface area contributed by atoms with E-state index in [9.17, 15) is 4.79 Å². The van der Waals surface area contributed by atoms with E-state index in [0.717, 1.165) is 32.3 Å². The minimum atomic E-state index is -0.802. The maximum absolute atomic E-state index is 10.9. The average Bonchev–Trinajstić information content (AvgIpc) is 2.67. The fraction of sp³-hybridized carbons (Fsp3) is 0.900. The molecule has 2 unspecified atom stereocenters. The molecule has 0 aromatic rings. The van der Waals surface area contributed by atoms with E-state index in [0.29, 0.717) is 13.0 Å². The third kappa shape index (κ3) is 2.68. The second-order valence-corrected chi connectivity index (χ2v) is 4.04. The van der Waals surface area contributed by atoms with Crippen LogP contribution in [-0.4, -0.2) is 41.6 Å². The van der Waals surface area contributed by atoms with Crippen molar-refractivity contribution in [2.45, 2.75) is 44.4 Å². The van der Waals surface area contributed by atoms with Gasteiger partial charge in [0.25, 0.3) is 0 Å². The molecule has 0 aromatic heterocycles. The number of nitrogens with zero attached hydrogens (tertiary/aromatic N) is 1. The zero-order valence-electron chi connectivity index (χ0n) is 8.72. The minimum absolute atomic E-state index is 0.237. The first-order valence-electron chi connectivity index (χ1n) is 5.55. The first-order chi connectivity index (χ1) is 7.27. The Morgan fingerprint density at radius 3 is 2.87 bits per heavy atom. The Morgan fingerprint density at radius 1 is 1.33 bits per heavy atom. The molecule has 2 atom stereocenters. The first kappa shape index (κ1) is 10.9. The molecule has 5 heteroatoms. The molecule has 0 amide bonds. The zero-order valence-corrected chi connectivity index (χ0v) is 8.72. The number of rotatable bonds is 3. The van der Waals surface area contributed by atoms with Crippen molar-refractivity contribution in [2.24, 2.45) is 0 Å². The van der Waals surface area contributed by atoms with E-state index in [4.69, 9.17) is 14.7 Å². The standard InChI is InChI=1S/C10H17NO4/c12-10(13)8-4-3-6-11(8)15-9-5-1-2-7-14-9/h8-9H,1-7H2,(H,12,13). The first-order valence-corrected chi connectivity index (χ1v) is 5.55. The predicted molar refractivity (Wildman–Crippen MR) is 52.0 cm³/mol. The topological polar surface area (TPSA) is 59.0 Å². The van der Waals surface area contributed by atoms with Gasteiger partial charge in [0.2, 0.25) is 0 Å². The van der Waals surface area contributed by atoms with Crippen molar-refractivity contribution >= 4 is 5.97 Å². The fourth-order valence-electron chi connectivity index (χ4n) is 2.06. The van der Waals surface area contributed by atoms with Crippen molar-refractivity contribution in [1.29, 1.82) is 0 Å². The van der Waals surface area contributed by atoms with Gasteiger partial charge in [-0.2, -0.15) is 5.06 Å². The van der Waals surface area contributed by atoms with Gasteiger partial charge >= 0.3 is 5.97 Å². The van der Waals surface area contributed by atoms with Gasteiger partial charge in [-0.1, -0.05) is 0 Å². The summed E-state index contributed by atoms with van der Waals surface area (Å²) >= 11 is 0. The van der Waals surface area contributed by atoms with Crippen LogP contribution in [0.4, 0.5) is 0 Å². The fourth-order valence-corrected chi connectivity index (χ4v) is 2.06. The van der Waals surface area contributed by atoms with Crippen LogP contribution in [0.2, 0.25) is 0 Å². The Hall–Kier alpha value is -0.650. The summed E-state index contributed by atoms with van der Waals surface area (Å²) in [6.45, 7) is 1.41. The van der Waals surface area contributed by atoms with Crippen molar-refractivity contribution in [2.75, 3.05) is 13.2 Å². The molecule has 15 heavy (non-hydrogen) atoms. The van der Waals surface area contributed by atoms with Crippen LogP contribution in [0.3, 0.4) is 0 Å². The predicted octanol–water partition coefficient (Wildman–Crippen LogP) is 0.994. The van der Waals surface area contributed by atoms with Crippen LogP contribution in [-0.2, 0) is 14.4 Å². The Kier molecular flexibility index (Phi) is 3.56. The lowest BCUT2D eigenvalue weighted by Gasteiger charge is -2.28. The Morgan fingerprint density at radius 2 is 2.20 bits per heavy atom. The van der Waals surface area contributed by atoms with Crippen LogP contribution >= 0.6 is 0 Å². The number of carboxylic acid groups (broad SMARTS) is 1. The summed E-state index contributed by atoms with van der Waals surface area (Å²) in [5, 5.41) is 10.5. The zero-order chi connectivity index (χ0) is 10.7. The highest BCUT2D eigenvalue weighted by Gasteiger charge is 2.33. The largest absolute Gasteiger partial charge is 0.480 e. The van der Waals surface area contributed by atoms with Gasteiger partial charge in [0.05, 0.1) is 0 Å². The lowest BCUT2D eigenvalue weighted by atomic mass is 10.2. The summed E-state index contributed by atoms with van der Waals surface area (Å²) in [5.41, 5.74) is 0. The molecule has 2 fully saturated rings. The molecule has 5 nitrogen and oxygen atoms in total. The van der Waals surface area contributed by atoms with E-state index in [-0.39, 0.29) is 6.29 Å². The molecule has 86 valence electrons. The Bertz CT molecular complexity index is 227. The summed E-state index contributed by atoms with van der Waals surface area (Å²) < 4.78 is 5.41. The number of ether oxygens (including phenoxy) is 1. The van der Waals surface area contributed by atoms with Crippen molar-refractivity contribution in [3.05, 3.63) is 0 Å². The molecule has 2 aliphatic heterocycles. The molecule has 1 N–H and O–H groups in total. The van der Waals surface area contributed by atoms with Crippen LogP contribution in [0.15, 0.2) is 0 Å². The van der Waals surface area contributed by atoms with E-state index in [2.05, 4.69) is 0 Å². The third-order valence-corrected chi connectivity index (χ3v) is 2.88. The van der Waals surface area contributed by atoms with E-state index >= 15 is 0 Å². The summed E-state index contributed by atoms with van der Waals surface area (Å²) in [4.78, 5) is 16.4. The quantitative estimate of drug-likeness (QED) is 0.760. The van der Waals surface area contributed by atoms with Crippen molar-refractivity contribution < 1.29 is 19.5 Å². The number of hydroxylamine groups is 2. The van der Waals surface area contributed by atoms with Gasteiger partial charge in [-0.25, -0.2) is 0 Å². The molecule has 0 radical (unpaired) electrons. The maximum Gasteiger partial charge on any atom is 0.323 e. The Labute approximate surface area is 88.9 Å². The van der Waals surface area contributed by atoms with Gasteiger partial charge in [0.15, 0.2) is 6.29 Å². The van der Waals surface area contributed by atoms with E-state index in [1.54, 1.807) is 5.06 Å².